The van der Waals surface area contributed by atoms with Crippen molar-refractivity contribution in [3.8, 4) is 0 Å². The molecule has 0 heterocycles. The zero-order valence-electron chi connectivity index (χ0n) is 7.33. The summed E-state index contributed by atoms with van der Waals surface area (Å²) in [6, 6.07) is 6.19. The molecule has 1 atom stereocenters. The number of halogens is 1. The normalized spacial score (nSPS) is 11.8. The molecule has 0 aromatic heterocycles. The summed E-state index contributed by atoms with van der Waals surface area (Å²) in [5.41, 5.74) is 0.973. The van der Waals surface area contributed by atoms with Gasteiger partial charge in [0.05, 0.1) is 6.54 Å². The smallest absolute Gasteiger partial charge is 0.211 e. The molecule has 0 fully saturated rings. The number of carbonyl (C=O) groups excluding carboxylic acids is 1. The van der Waals surface area contributed by atoms with Crippen LogP contribution in [0.3, 0.4) is 0 Å². The van der Waals surface area contributed by atoms with Crippen LogP contribution in [0.15, 0.2) is 29.3 Å². The lowest BCUT2D eigenvalue weighted by atomic mass is 10.0. The molecule has 0 bridgehead atoms. The van der Waals surface area contributed by atoms with E-state index in [-0.39, 0.29) is 11.7 Å². The maximum atomic E-state index is 12.5. The summed E-state index contributed by atoms with van der Waals surface area (Å²) >= 11 is 0. The third-order valence-corrected chi connectivity index (χ3v) is 1.87. The van der Waals surface area contributed by atoms with E-state index in [0.717, 1.165) is 5.56 Å². The average molecular weight is 179 g/mol. The highest BCUT2D eigenvalue weighted by atomic mass is 19.1. The van der Waals surface area contributed by atoms with Gasteiger partial charge in [0.15, 0.2) is 0 Å². The predicted molar refractivity (Wildman–Crippen MR) is 47.8 cm³/mol. The summed E-state index contributed by atoms with van der Waals surface area (Å²) in [5.74, 6) is -0.128. The molecular formula is C10H10FNO. The van der Waals surface area contributed by atoms with E-state index >= 15 is 0 Å². The van der Waals surface area contributed by atoms with Crippen molar-refractivity contribution in [1.82, 2.24) is 0 Å². The number of rotatable bonds is 3. The predicted octanol–water partition coefficient (Wildman–Crippen LogP) is 2.27. The summed E-state index contributed by atoms with van der Waals surface area (Å²) < 4.78 is 12.5. The highest BCUT2D eigenvalue weighted by Gasteiger charge is 2.03. The van der Waals surface area contributed by atoms with E-state index in [0.29, 0.717) is 6.54 Å². The quantitative estimate of drug-likeness (QED) is 0.517. The Hall–Kier alpha value is -1.47. The Labute approximate surface area is 76.1 Å². The Kier molecular flexibility index (Phi) is 3.35. The van der Waals surface area contributed by atoms with Crippen LogP contribution in [0.2, 0.25) is 0 Å². The van der Waals surface area contributed by atoms with Crippen LogP contribution in [0.5, 0.6) is 0 Å². The van der Waals surface area contributed by atoms with Crippen molar-refractivity contribution >= 4 is 6.08 Å². The lowest BCUT2D eigenvalue weighted by molar-refractivity contribution is 0.561. The van der Waals surface area contributed by atoms with Crippen LogP contribution in [0, 0.1) is 5.82 Å². The van der Waals surface area contributed by atoms with Crippen molar-refractivity contribution in [2.24, 2.45) is 4.99 Å². The second-order valence-corrected chi connectivity index (χ2v) is 2.88. The van der Waals surface area contributed by atoms with Crippen molar-refractivity contribution in [2.75, 3.05) is 6.54 Å². The zero-order chi connectivity index (χ0) is 9.68. The van der Waals surface area contributed by atoms with Gasteiger partial charge in [-0.05, 0) is 17.7 Å². The number of benzene rings is 1. The maximum Gasteiger partial charge on any atom is 0.234 e. The number of aliphatic imine (C=N–C) groups is 1. The molecule has 0 saturated carbocycles. The highest BCUT2D eigenvalue weighted by Crippen LogP contribution is 2.15. The molecule has 0 spiro atoms. The van der Waals surface area contributed by atoms with Crippen LogP contribution < -0.4 is 0 Å². The lowest BCUT2D eigenvalue weighted by Gasteiger charge is -2.06. The molecule has 0 saturated heterocycles. The fraction of sp³-hybridized carbons (Fsp3) is 0.300. The van der Waals surface area contributed by atoms with Crippen molar-refractivity contribution in [3.05, 3.63) is 35.6 Å². The topological polar surface area (TPSA) is 29.4 Å². The number of hydrogen-bond donors (Lipinski definition) is 0. The van der Waals surface area contributed by atoms with Gasteiger partial charge in [-0.15, -0.1) is 0 Å². The van der Waals surface area contributed by atoms with Crippen LogP contribution in [0.25, 0.3) is 0 Å². The fourth-order valence-electron chi connectivity index (χ4n) is 1.07. The van der Waals surface area contributed by atoms with Gasteiger partial charge in [-0.25, -0.2) is 14.2 Å². The Balaban J connectivity index is 2.71. The first kappa shape index (κ1) is 9.62. The summed E-state index contributed by atoms with van der Waals surface area (Å²) in [4.78, 5) is 13.3. The molecule has 2 nitrogen and oxygen atoms in total. The van der Waals surface area contributed by atoms with Crippen LogP contribution in [0.1, 0.15) is 18.4 Å². The number of nitrogens with zero attached hydrogens (tertiary/aromatic N) is 1. The van der Waals surface area contributed by atoms with Crippen LogP contribution in [-0.4, -0.2) is 12.6 Å². The standard InChI is InChI=1S/C10H10FNO/c1-8(6-12-7-13)9-2-4-10(11)5-3-9/h2-5,8H,6H2,1H3. The van der Waals surface area contributed by atoms with Crippen LogP contribution in [-0.2, 0) is 4.79 Å². The third kappa shape index (κ3) is 2.80. The minimum Gasteiger partial charge on any atom is -0.211 e. The molecule has 0 aliphatic carbocycles. The van der Waals surface area contributed by atoms with Gasteiger partial charge in [0, 0.05) is 5.92 Å². The van der Waals surface area contributed by atoms with E-state index in [1.54, 1.807) is 12.1 Å². The first-order chi connectivity index (χ1) is 6.24. The second kappa shape index (κ2) is 4.53. The van der Waals surface area contributed by atoms with Gasteiger partial charge in [-0.1, -0.05) is 19.1 Å². The van der Waals surface area contributed by atoms with E-state index in [4.69, 9.17) is 0 Å². The monoisotopic (exact) mass is 179 g/mol. The highest BCUT2D eigenvalue weighted by molar-refractivity contribution is 5.33. The molecule has 3 heteroatoms. The van der Waals surface area contributed by atoms with Gasteiger partial charge < -0.3 is 0 Å². The van der Waals surface area contributed by atoms with Crippen molar-refractivity contribution in [2.45, 2.75) is 12.8 Å². The molecule has 68 valence electrons. The molecule has 0 aliphatic heterocycles. The zero-order valence-corrected chi connectivity index (χ0v) is 7.33. The Bertz CT molecular complexity index is 314. The summed E-state index contributed by atoms with van der Waals surface area (Å²) in [7, 11) is 0. The van der Waals surface area contributed by atoms with E-state index in [1.165, 1.54) is 18.2 Å². The molecule has 13 heavy (non-hydrogen) atoms. The minimum atomic E-state index is -0.255. The minimum absolute atomic E-state index is 0.127. The molecule has 0 aliphatic rings. The van der Waals surface area contributed by atoms with Gasteiger partial charge in [-0.2, -0.15) is 0 Å². The fourth-order valence-corrected chi connectivity index (χ4v) is 1.07. The van der Waals surface area contributed by atoms with E-state index in [2.05, 4.69) is 4.99 Å². The van der Waals surface area contributed by atoms with Crippen molar-refractivity contribution < 1.29 is 9.18 Å². The second-order valence-electron chi connectivity index (χ2n) is 2.88. The third-order valence-electron chi connectivity index (χ3n) is 1.87. The molecule has 0 amide bonds. The Morgan fingerprint density at radius 2 is 2.08 bits per heavy atom. The van der Waals surface area contributed by atoms with E-state index < -0.39 is 0 Å². The van der Waals surface area contributed by atoms with Crippen LogP contribution >= 0.6 is 0 Å². The van der Waals surface area contributed by atoms with Crippen molar-refractivity contribution in [3.63, 3.8) is 0 Å². The lowest BCUT2D eigenvalue weighted by Crippen LogP contribution is -1.97. The summed E-state index contributed by atoms with van der Waals surface area (Å²) in [6.07, 6.45) is 1.48. The SMILES string of the molecule is CC(CN=C=O)c1ccc(F)cc1. The van der Waals surface area contributed by atoms with Gasteiger partial charge in [0.2, 0.25) is 6.08 Å². The Morgan fingerprint density at radius 3 is 2.62 bits per heavy atom. The first-order valence-electron chi connectivity index (χ1n) is 4.03. The molecule has 1 rings (SSSR count). The molecule has 0 N–H and O–H groups in total. The van der Waals surface area contributed by atoms with E-state index in [1.807, 2.05) is 6.92 Å². The molecule has 0 radical (unpaired) electrons. The first-order valence-corrected chi connectivity index (χ1v) is 4.03. The van der Waals surface area contributed by atoms with Gasteiger partial charge in [-0.3, -0.25) is 0 Å². The molecule has 1 unspecified atom stereocenters. The molecule has 1 aromatic rings. The number of isocyanates is 1. The Morgan fingerprint density at radius 1 is 1.46 bits per heavy atom. The van der Waals surface area contributed by atoms with Crippen LogP contribution in [0.4, 0.5) is 4.39 Å². The maximum absolute atomic E-state index is 12.5. The summed E-state index contributed by atoms with van der Waals surface area (Å²) in [5, 5.41) is 0. The van der Waals surface area contributed by atoms with Gasteiger partial charge in [0.1, 0.15) is 5.82 Å². The summed E-state index contributed by atoms with van der Waals surface area (Å²) in [6.45, 7) is 2.32. The van der Waals surface area contributed by atoms with Gasteiger partial charge in [0.25, 0.3) is 0 Å². The molecule has 1 aromatic carbocycles. The molecular weight excluding hydrogens is 169 g/mol. The number of hydrogen-bond acceptors (Lipinski definition) is 2. The average Bonchev–Trinajstić information content (AvgIpc) is 2.15. The van der Waals surface area contributed by atoms with Gasteiger partial charge >= 0.3 is 0 Å². The van der Waals surface area contributed by atoms with Crippen molar-refractivity contribution in [1.29, 1.82) is 0 Å². The largest absolute Gasteiger partial charge is 0.234 e. The van der Waals surface area contributed by atoms with E-state index in [9.17, 15) is 9.18 Å².